The molecule has 0 N–H and O–H groups in total. The minimum absolute atomic E-state index is 0.325. The van der Waals surface area contributed by atoms with Crippen molar-refractivity contribution in [3.63, 3.8) is 0 Å². The first-order valence-corrected chi connectivity index (χ1v) is 6.15. The van der Waals surface area contributed by atoms with Gasteiger partial charge in [0.15, 0.2) is 0 Å². The fourth-order valence-electron chi connectivity index (χ4n) is 3.17. The van der Waals surface area contributed by atoms with Crippen molar-refractivity contribution >= 4 is 11.6 Å². The zero-order valence-corrected chi connectivity index (χ0v) is 9.74. The smallest absolute Gasteiger partial charge is 0.0832 e. The average Bonchev–Trinajstić information content (AvgIpc) is 2.65. The Balaban J connectivity index is 1.75. The summed E-state index contributed by atoms with van der Waals surface area (Å²) in [5.74, 6) is 2.72. The molecule has 2 aliphatic carbocycles. The van der Waals surface area contributed by atoms with Crippen LogP contribution in [0.15, 0.2) is 6.20 Å². The van der Waals surface area contributed by atoms with E-state index < -0.39 is 0 Å². The number of aryl methyl sites for hydroxylation is 1. The molecule has 2 fully saturated rings. The second kappa shape index (κ2) is 3.21. The van der Waals surface area contributed by atoms with Crippen LogP contribution in [-0.4, -0.2) is 20.9 Å². The van der Waals surface area contributed by atoms with Crippen LogP contribution in [0.25, 0.3) is 0 Å². The molecule has 1 aromatic rings. The zero-order valence-electron chi connectivity index (χ0n) is 8.99. The second-order valence-corrected chi connectivity index (χ2v) is 5.63. The summed E-state index contributed by atoms with van der Waals surface area (Å²) >= 11 is 6.15. The number of fused-ring (bicyclic) bond motifs is 1. The van der Waals surface area contributed by atoms with E-state index in [4.69, 9.17) is 11.6 Å². The first-order valence-electron chi connectivity index (χ1n) is 5.62. The highest BCUT2D eigenvalue weighted by Gasteiger charge is 2.53. The lowest BCUT2D eigenvalue weighted by Crippen LogP contribution is -2.24. The third-order valence-corrected chi connectivity index (χ3v) is 4.52. The van der Waals surface area contributed by atoms with E-state index in [0.29, 0.717) is 5.41 Å². The number of hydrogen-bond donors (Lipinski definition) is 0. The van der Waals surface area contributed by atoms with Gasteiger partial charge >= 0.3 is 0 Å². The molecule has 3 rings (SSSR count). The van der Waals surface area contributed by atoms with Crippen LogP contribution in [-0.2, 0) is 13.5 Å². The van der Waals surface area contributed by atoms with Gasteiger partial charge in [0.1, 0.15) is 0 Å². The summed E-state index contributed by atoms with van der Waals surface area (Å²) in [7, 11) is 1.91. The molecule has 82 valence electrons. The highest BCUT2D eigenvalue weighted by atomic mass is 35.5. The standard InChI is InChI=1S/C11H16ClN3/c1-15-6-10(13-14-15)5-11(7-12)3-8-2-9(8)4-11/h6,8-9H,2-5,7H2,1H3. The monoisotopic (exact) mass is 225 g/mol. The van der Waals surface area contributed by atoms with Gasteiger partial charge in [-0.05, 0) is 42.9 Å². The molecule has 1 aromatic heterocycles. The molecule has 15 heavy (non-hydrogen) atoms. The number of hydrogen-bond acceptors (Lipinski definition) is 2. The van der Waals surface area contributed by atoms with E-state index >= 15 is 0 Å². The topological polar surface area (TPSA) is 30.7 Å². The molecular formula is C11H16ClN3. The third kappa shape index (κ3) is 1.67. The minimum Gasteiger partial charge on any atom is -0.255 e. The predicted octanol–water partition coefficient (Wildman–Crippen LogP) is 2.01. The van der Waals surface area contributed by atoms with Crippen LogP contribution in [0.5, 0.6) is 0 Å². The van der Waals surface area contributed by atoms with Gasteiger partial charge in [-0.2, -0.15) is 0 Å². The van der Waals surface area contributed by atoms with Gasteiger partial charge in [0, 0.05) is 19.1 Å². The van der Waals surface area contributed by atoms with Gasteiger partial charge in [0.25, 0.3) is 0 Å². The molecule has 1 heterocycles. The largest absolute Gasteiger partial charge is 0.255 e. The van der Waals surface area contributed by atoms with Gasteiger partial charge in [-0.3, -0.25) is 4.68 Å². The van der Waals surface area contributed by atoms with Gasteiger partial charge in [0.2, 0.25) is 0 Å². The van der Waals surface area contributed by atoms with E-state index in [1.165, 1.54) is 19.3 Å². The van der Waals surface area contributed by atoms with Crippen molar-refractivity contribution in [1.29, 1.82) is 0 Å². The van der Waals surface area contributed by atoms with Crippen molar-refractivity contribution in [2.24, 2.45) is 24.3 Å². The fraction of sp³-hybridized carbons (Fsp3) is 0.818. The van der Waals surface area contributed by atoms with E-state index in [1.54, 1.807) is 4.68 Å². The molecule has 0 spiro atoms. The molecule has 0 saturated heterocycles. The SMILES string of the molecule is Cn1cc(CC2(CCl)CC3CC3C2)nn1. The van der Waals surface area contributed by atoms with E-state index in [1.807, 2.05) is 13.2 Å². The lowest BCUT2D eigenvalue weighted by Gasteiger charge is -2.27. The Morgan fingerprint density at radius 3 is 2.80 bits per heavy atom. The van der Waals surface area contributed by atoms with Crippen LogP contribution in [0.4, 0.5) is 0 Å². The molecule has 2 saturated carbocycles. The minimum atomic E-state index is 0.325. The lowest BCUT2D eigenvalue weighted by atomic mass is 9.81. The third-order valence-electron chi connectivity index (χ3n) is 3.95. The summed E-state index contributed by atoms with van der Waals surface area (Å²) in [4.78, 5) is 0. The molecule has 2 unspecified atom stereocenters. The van der Waals surface area contributed by atoms with Crippen LogP contribution >= 0.6 is 11.6 Å². The van der Waals surface area contributed by atoms with Crippen LogP contribution in [0.1, 0.15) is 25.0 Å². The van der Waals surface area contributed by atoms with Crippen LogP contribution in [0.3, 0.4) is 0 Å². The van der Waals surface area contributed by atoms with Crippen LogP contribution < -0.4 is 0 Å². The highest BCUT2D eigenvalue weighted by Crippen LogP contribution is 2.61. The molecule has 0 bridgehead atoms. The average molecular weight is 226 g/mol. The molecular weight excluding hydrogens is 210 g/mol. The maximum absolute atomic E-state index is 6.15. The highest BCUT2D eigenvalue weighted by molar-refractivity contribution is 6.18. The Morgan fingerprint density at radius 1 is 1.53 bits per heavy atom. The van der Waals surface area contributed by atoms with Gasteiger partial charge < -0.3 is 0 Å². The van der Waals surface area contributed by atoms with E-state index in [9.17, 15) is 0 Å². The molecule has 0 radical (unpaired) electrons. The van der Waals surface area contributed by atoms with Gasteiger partial charge in [-0.25, -0.2) is 0 Å². The quantitative estimate of drug-likeness (QED) is 0.737. The molecule has 4 heteroatoms. The van der Waals surface area contributed by atoms with E-state index in [-0.39, 0.29) is 0 Å². The van der Waals surface area contributed by atoms with Crippen molar-refractivity contribution in [1.82, 2.24) is 15.0 Å². The molecule has 0 aliphatic heterocycles. The van der Waals surface area contributed by atoms with Crippen molar-refractivity contribution in [3.8, 4) is 0 Å². The van der Waals surface area contributed by atoms with Crippen molar-refractivity contribution in [2.45, 2.75) is 25.7 Å². The number of aromatic nitrogens is 3. The zero-order chi connectivity index (χ0) is 10.5. The maximum atomic E-state index is 6.15. The van der Waals surface area contributed by atoms with E-state index in [2.05, 4.69) is 10.3 Å². The maximum Gasteiger partial charge on any atom is 0.0832 e. The van der Waals surface area contributed by atoms with Gasteiger partial charge in [0.05, 0.1) is 5.69 Å². The molecule has 2 aliphatic rings. The fourth-order valence-corrected chi connectivity index (χ4v) is 3.48. The normalized spacial score (nSPS) is 38.0. The summed E-state index contributed by atoms with van der Waals surface area (Å²) in [6.07, 6.45) is 7.07. The van der Waals surface area contributed by atoms with Gasteiger partial charge in [-0.1, -0.05) is 5.21 Å². The Bertz CT molecular complexity index is 364. The molecule has 0 aromatic carbocycles. The van der Waals surface area contributed by atoms with Crippen LogP contribution in [0.2, 0.25) is 0 Å². The molecule has 3 nitrogen and oxygen atoms in total. The second-order valence-electron chi connectivity index (χ2n) is 5.36. The molecule has 0 amide bonds. The van der Waals surface area contributed by atoms with E-state index in [0.717, 1.165) is 29.8 Å². The first kappa shape index (κ1) is 9.64. The van der Waals surface area contributed by atoms with Crippen LogP contribution in [0, 0.1) is 17.3 Å². The Kier molecular flexibility index (Phi) is 2.06. The summed E-state index contributed by atoms with van der Waals surface area (Å²) in [6, 6.07) is 0. The van der Waals surface area contributed by atoms with Crippen molar-refractivity contribution in [2.75, 3.05) is 5.88 Å². The summed E-state index contributed by atoms with van der Waals surface area (Å²) in [6.45, 7) is 0. The lowest BCUT2D eigenvalue weighted by molar-refractivity contribution is 0.300. The Hall–Kier alpha value is -0.570. The number of nitrogens with zero attached hydrogens (tertiary/aromatic N) is 3. The predicted molar refractivity (Wildman–Crippen MR) is 58.7 cm³/mol. The summed E-state index contributed by atoms with van der Waals surface area (Å²) in [5.41, 5.74) is 1.42. The number of rotatable bonds is 3. The number of alkyl halides is 1. The number of halogens is 1. The Labute approximate surface area is 94.8 Å². The molecule has 2 atom stereocenters. The summed E-state index contributed by atoms with van der Waals surface area (Å²) in [5, 5.41) is 8.14. The van der Waals surface area contributed by atoms with Crippen molar-refractivity contribution < 1.29 is 0 Å². The first-order chi connectivity index (χ1) is 7.21. The van der Waals surface area contributed by atoms with Gasteiger partial charge in [-0.15, -0.1) is 16.7 Å². The summed E-state index contributed by atoms with van der Waals surface area (Å²) < 4.78 is 1.77. The Morgan fingerprint density at radius 2 is 2.27 bits per heavy atom. The van der Waals surface area contributed by atoms with Crippen molar-refractivity contribution in [3.05, 3.63) is 11.9 Å².